The number of nitrogens with one attached hydrogen (secondary N) is 1. The van der Waals surface area contributed by atoms with Crippen molar-refractivity contribution < 1.29 is 4.79 Å². The van der Waals surface area contributed by atoms with Gasteiger partial charge in [0, 0.05) is 17.6 Å². The highest BCUT2D eigenvalue weighted by Crippen LogP contribution is 2.31. The normalized spacial score (nSPS) is 11.3. The fourth-order valence-corrected chi connectivity index (χ4v) is 1.61. The lowest BCUT2D eigenvalue weighted by Gasteiger charge is -2.23. The van der Waals surface area contributed by atoms with Crippen molar-refractivity contribution in [2.75, 3.05) is 5.32 Å². The number of benzene rings is 1. The Balaban J connectivity index is 3.20. The number of carbonyl (C=O) groups excluding carboxylic acids is 1. The van der Waals surface area contributed by atoms with Crippen molar-refractivity contribution in [3.8, 4) is 0 Å². The van der Waals surface area contributed by atoms with Crippen LogP contribution in [0.1, 0.15) is 33.3 Å². The van der Waals surface area contributed by atoms with Crippen molar-refractivity contribution in [3.05, 3.63) is 28.8 Å². The van der Waals surface area contributed by atoms with Crippen LogP contribution in [0.2, 0.25) is 5.02 Å². The molecule has 0 unspecified atom stereocenters. The number of rotatable bonds is 1. The summed E-state index contributed by atoms with van der Waals surface area (Å²) in [6, 6.07) is 5.51. The molecule has 1 rings (SSSR count). The van der Waals surface area contributed by atoms with Gasteiger partial charge in [0.25, 0.3) is 0 Å². The Morgan fingerprint density at radius 3 is 2.40 bits per heavy atom. The smallest absolute Gasteiger partial charge is 0.221 e. The first-order valence-corrected chi connectivity index (χ1v) is 5.26. The average Bonchev–Trinajstić information content (AvgIpc) is 2.05. The van der Waals surface area contributed by atoms with Crippen LogP contribution < -0.4 is 5.32 Å². The Labute approximate surface area is 95.6 Å². The summed E-state index contributed by atoms with van der Waals surface area (Å²) in [5, 5.41) is 3.50. The van der Waals surface area contributed by atoms with Crippen LogP contribution in [0.3, 0.4) is 0 Å². The van der Waals surface area contributed by atoms with Crippen LogP contribution in [0.5, 0.6) is 0 Å². The summed E-state index contributed by atoms with van der Waals surface area (Å²) >= 11 is 5.95. The zero-order valence-corrected chi connectivity index (χ0v) is 10.3. The number of carbonyl (C=O) groups is 1. The first-order valence-electron chi connectivity index (χ1n) is 4.88. The van der Waals surface area contributed by atoms with Crippen molar-refractivity contribution in [3.63, 3.8) is 0 Å². The predicted octanol–water partition coefficient (Wildman–Crippen LogP) is 3.60. The molecule has 15 heavy (non-hydrogen) atoms. The van der Waals surface area contributed by atoms with E-state index in [9.17, 15) is 4.79 Å². The summed E-state index contributed by atoms with van der Waals surface area (Å²) in [7, 11) is 0. The molecule has 0 aliphatic heterocycles. The van der Waals surface area contributed by atoms with Crippen LogP contribution >= 0.6 is 11.6 Å². The fourth-order valence-electron chi connectivity index (χ4n) is 1.44. The first kappa shape index (κ1) is 12.1. The summed E-state index contributed by atoms with van der Waals surface area (Å²) < 4.78 is 0. The molecule has 0 radical (unpaired) electrons. The van der Waals surface area contributed by atoms with Crippen molar-refractivity contribution >= 4 is 23.2 Å². The fraction of sp³-hybridized carbons (Fsp3) is 0.417. The average molecular weight is 226 g/mol. The van der Waals surface area contributed by atoms with E-state index in [2.05, 4.69) is 26.1 Å². The van der Waals surface area contributed by atoms with Gasteiger partial charge in [-0.3, -0.25) is 4.79 Å². The van der Waals surface area contributed by atoms with E-state index in [0.717, 1.165) is 11.3 Å². The van der Waals surface area contributed by atoms with Crippen LogP contribution in [0.4, 0.5) is 5.69 Å². The molecule has 82 valence electrons. The zero-order chi connectivity index (χ0) is 11.6. The second-order valence-corrected chi connectivity index (χ2v) is 5.06. The lowest BCUT2D eigenvalue weighted by Crippen LogP contribution is -2.16. The zero-order valence-electron chi connectivity index (χ0n) is 9.52. The van der Waals surface area contributed by atoms with Gasteiger partial charge >= 0.3 is 0 Å². The number of anilines is 1. The molecule has 1 aromatic rings. The van der Waals surface area contributed by atoms with Crippen molar-refractivity contribution in [1.82, 2.24) is 0 Å². The lowest BCUT2D eigenvalue weighted by molar-refractivity contribution is -0.114. The molecule has 0 spiro atoms. The van der Waals surface area contributed by atoms with E-state index in [4.69, 9.17) is 11.6 Å². The van der Waals surface area contributed by atoms with Gasteiger partial charge in [0.15, 0.2) is 0 Å². The molecule has 0 atom stereocenters. The van der Waals surface area contributed by atoms with Gasteiger partial charge in [-0.1, -0.05) is 32.4 Å². The number of hydrogen-bond donors (Lipinski definition) is 1. The minimum Gasteiger partial charge on any atom is -0.326 e. The van der Waals surface area contributed by atoms with Crippen LogP contribution in [0.25, 0.3) is 0 Å². The molecule has 0 aromatic heterocycles. The minimum absolute atomic E-state index is 0.0390. The Morgan fingerprint density at radius 2 is 1.93 bits per heavy atom. The highest BCUT2D eigenvalue weighted by molar-refractivity contribution is 6.30. The SMILES string of the molecule is CC(=O)Nc1ccc(Cl)cc1C(C)(C)C. The maximum Gasteiger partial charge on any atom is 0.221 e. The van der Waals surface area contributed by atoms with Gasteiger partial charge in [0.2, 0.25) is 5.91 Å². The van der Waals surface area contributed by atoms with Crippen LogP contribution in [0.15, 0.2) is 18.2 Å². The third-order valence-corrected chi connectivity index (χ3v) is 2.34. The monoisotopic (exact) mass is 225 g/mol. The molecule has 1 aromatic carbocycles. The molecule has 0 aliphatic carbocycles. The van der Waals surface area contributed by atoms with Gasteiger partial charge in [-0.25, -0.2) is 0 Å². The summed E-state index contributed by atoms with van der Waals surface area (Å²) in [6.07, 6.45) is 0. The third-order valence-electron chi connectivity index (χ3n) is 2.10. The Hall–Kier alpha value is -1.02. The molecule has 1 amide bonds. The predicted molar refractivity (Wildman–Crippen MR) is 64.5 cm³/mol. The van der Waals surface area contributed by atoms with Gasteiger partial charge in [0.05, 0.1) is 0 Å². The van der Waals surface area contributed by atoms with Gasteiger partial charge in [-0.15, -0.1) is 0 Å². The topological polar surface area (TPSA) is 29.1 Å². The molecule has 2 nitrogen and oxygen atoms in total. The lowest BCUT2D eigenvalue weighted by atomic mass is 9.86. The van der Waals surface area contributed by atoms with E-state index in [1.165, 1.54) is 6.92 Å². The number of hydrogen-bond acceptors (Lipinski definition) is 1. The second kappa shape index (κ2) is 4.23. The van der Waals surface area contributed by atoms with E-state index in [-0.39, 0.29) is 11.3 Å². The first-order chi connectivity index (χ1) is 6.80. The number of halogens is 1. The van der Waals surface area contributed by atoms with Crippen molar-refractivity contribution in [2.24, 2.45) is 0 Å². The molecule has 0 bridgehead atoms. The maximum atomic E-state index is 11.0. The molecule has 0 aliphatic rings. The van der Waals surface area contributed by atoms with E-state index in [0.29, 0.717) is 5.02 Å². The maximum absolute atomic E-state index is 11.0. The van der Waals surface area contributed by atoms with Crippen LogP contribution in [-0.4, -0.2) is 5.91 Å². The molecular weight excluding hydrogens is 210 g/mol. The summed E-state index contributed by atoms with van der Waals surface area (Å²) in [6.45, 7) is 7.76. The molecule has 1 N–H and O–H groups in total. The summed E-state index contributed by atoms with van der Waals surface area (Å²) in [5.41, 5.74) is 1.84. The molecule has 0 heterocycles. The Bertz CT molecular complexity index is 380. The van der Waals surface area contributed by atoms with Crippen LogP contribution in [-0.2, 0) is 10.2 Å². The third kappa shape index (κ3) is 3.24. The van der Waals surface area contributed by atoms with E-state index in [1.54, 1.807) is 6.07 Å². The summed E-state index contributed by atoms with van der Waals surface area (Å²) in [4.78, 5) is 11.0. The van der Waals surface area contributed by atoms with E-state index in [1.807, 2.05) is 12.1 Å². The quantitative estimate of drug-likeness (QED) is 0.778. The van der Waals surface area contributed by atoms with Crippen molar-refractivity contribution in [2.45, 2.75) is 33.1 Å². The molecule has 0 saturated heterocycles. The Kier molecular flexibility index (Phi) is 3.40. The minimum atomic E-state index is -0.0668. The highest BCUT2D eigenvalue weighted by atomic mass is 35.5. The van der Waals surface area contributed by atoms with E-state index >= 15 is 0 Å². The van der Waals surface area contributed by atoms with Gasteiger partial charge < -0.3 is 5.32 Å². The van der Waals surface area contributed by atoms with Gasteiger partial charge in [-0.2, -0.15) is 0 Å². The largest absolute Gasteiger partial charge is 0.326 e. The molecule has 0 fully saturated rings. The summed E-state index contributed by atoms with van der Waals surface area (Å²) in [5.74, 6) is -0.0668. The highest BCUT2D eigenvalue weighted by Gasteiger charge is 2.18. The standard InChI is InChI=1S/C12H16ClNO/c1-8(15)14-11-6-5-9(13)7-10(11)12(2,3)4/h5-7H,1-4H3,(H,14,15). The van der Waals surface area contributed by atoms with Crippen molar-refractivity contribution in [1.29, 1.82) is 0 Å². The molecule has 0 saturated carbocycles. The molecule has 3 heteroatoms. The molecular formula is C12H16ClNO. The van der Waals surface area contributed by atoms with E-state index < -0.39 is 0 Å². The van der Waals surface area contributed by atoms with Gasteiger partial charge in [-0.05, 0) is 29.2 Å². The van der Waals surface area contributed by atoms with Gasteiger partial charge in [0.1, 0.15) is 0 Å². The number of amides is 1. The Morgan fingerprint density at radius 1 is 1.33 bits per heavy atom. The van der Waals surface area contributed by atoms with Crippen LogP contribution in [0, 0.1) is 0 Å². The second-order valence-electron chi connectivity index (χ2n) is 4.62.